The summed E-state index contributed by atoms with van der Waals surface area (Å²) in [7, 11) is 0. The topological polar surface area (TPSA) is 41.1 Å². The Morgan fingerprint density at radius 3 is 3.00 bits per heavy atom. The second-order valence-electron chi connectivity index (χ2n) is 3.92. The quantitative estimate of drug-likeness (QED) is 0.869. The molecular weight excluding hydrogens is 244 g/mol. The molecule has 1 aliphatic heterocycles. The maximum Gasteiger partial charge on any atom is 0.224 e. The van der Waals surface area contributed by atoms with E-state index in [1.807, 2.05) is 0 Å². The number of halogens is 1. The zero-order valence-corrected chi connectivity index (χ0v) is 10.9. The van der Waals surface area contributed by atoms with E-state index in [0.29, 0.717) is 6.54 Å². The summed E-state index contributed by atoms with van der Waals surface area (Å²) in [5.41, 5.74) is 0. The molecule has 0 saturated carbocycles. The summed E-state index contributed by atoms with van der Waals surface area (Å²) in [6.45, 7) is 4.55. The summed E-state index contributed by atoms with van der Waals surface area (Å²) in [5.74, 6) is 0.358. The molecule has 1 aromatic rings. The molecule has 2 N–H and O–H groups in total. The zero-order valence-electron chi connectivity index (χ0n) is 9.29. The van der Waals surface area contributed by atoms with Crippen LogP contribution in [0.1, 0.15) is 16.2 Å². The lowest BCUT2D eigenvalue weighted by Gasteiger charge is -2.08. The van der Waals surface area contributed by atoms with Crippen LogP contribution >= 0.6 is 23.7 Å². The first kappa shape index (κ1) is 13.5. The fourth-order valence-electron chi connectivity index (χ4n) is 1.78. The number of nitrogens with one attached hydrogen (secondary N) is 2. The summed E-state index contributed by atoms with van der Waals surface area (Å²) in [4.78, 5) is 14.2. The van der Waals surface area contributed by atoms with Gasteiger partial charge in [0.15, 0.2) is 0 Å². The van der Waals surface area contributed by atoms with Gasteiger partial charge in [0.05, 0.1) is 12.5 Å². The molecule has 2 rings (SSSR count). The summed E-state index contributed by atoms with van der Waals surface area (Å²) < 4.78 is 0. The number of aryl methyl sites for hydroxylation is 1. The highest BCUT2D eigenvalue weighted by Gasteiger charge is 2.21. The molecule has 5 heteroatoms. The molecule has 1 fully saturated rings. The summed E-state index contributed by atoms with van der Waals surface area (Å²) in [6.07, 6.45) is 0.968. The van der Waals surface area contributed by atoms with Crippen LogP contribution in [-0.2, 0) is 11.3 Å². The predicted molar refractivity (Wildman–Crippen MR) is 69.1 cm³/mol. The number of carbonyl (C=O) groups is 1. The Labute approximate surface area is 106 Å². The third kappa shape index (κ3) is 3.47. The van der Waals surface area contributed by atoms with E-state index < -0.39 is 0 Å². The molecule has 0 aliphatic carbocycles. The molecule has 1 aromatic heterocycles. The summed E-state index contributed by atoms with van der Waals surface area (Å²) in [6, 6.07) is 4.16. The third-order valence-corrected chi connectivity index (χ3v) is 3.66. The van der Waals surface area contributed by atoms with Gasteiger partial charge in [-0.3, -0.25) is 4.79 Å². The highest BCUT2D eigenvalue weighted by Crippen LogP contribution is 2.15. The average molecular weight is 261 g/mol. The molecule has 0 radical (unpaired) electrons. The molecule has 90 valence electrons. The van der Waals surface area contributed by atoms with Crippen LogP contribution in [0.15, 0.2) is 12.1 Å². The highest BCUT2D eigenvalue weighted by atomic mass is 35.5. The van der Waals surface area contributed by atoms with E-state index in [9.17, 15) is 4.79 Å². The van der Waals surface area contributed by atoms with Crippen molar-refractivity contribution in [2.45, 2.75) is 19.9 Å². The monoisotopic (exact) mass is 260 g/mol. The average Bonchev–Trinajstić information content (AvgIpc) is 2.84. The van der Waals surface area contributed by atoms with Crippen LogP contribution in [0.3, 0.4) is 0 Å². The minimum atomic E-state index is 0. The van der Waals surface area contributed by atoms with E-state index in [2.05, 4.69) is 29.7 Å². The van der Waals surface area contributed by atoms with Gasteiger partial charge in [-0.1, -0.05) is 0 Å². The maximum absolute atomic E-state index is 11.7. The molecule has 1 atom stereocenters. The molecule has 1 aliphatic rings. The van der Waals surface area contributed by atoms with Gasteiger partial charge in [-0.15, -0.1) is 23.7 Å². The van der Waals surface area contributed by atoms with Crippen molar-refractivity contribution >= 4 is 29.7 Å². The van der Waals surface area contributed by atoms with Crippen molar-refractivity contribution in [1.82, 2.24) is 10.6 Å². The number of amides is 1. The Morgan fingerprint density at radius 2 is 2.44 bits per heavy atom. The van der Waals surface area contributed by atoms with Gasteiger partial charge < -0.3 is 10.6 Å². The number of hydrogen-bond donors (Lipinski definition) is 2. The number of hydrogen-bond acceptors (Lipinski definition) is 3. The fourth-order valence-corrected chi connectivity index (χ4v) is 2.61. The van der Waals surface area contributed by atoms with Crippen LogP contribution in [-0.4, -0.2) is 19.0 Å². The molecule has 0 spiro atoms. The van der Waals surface area contributed by atoms with Crippen LogP contribution in [0.4, 0.5) is 0 Å². The Balaban J connectivity index is 0.00000128. The molecule has 16 heavy (non-hydrogen) atoms. The van der Waals surface area contributed by atoms with Crippen LogP contribution in [0.25, 0.3) is 0 Å². The summed E-state index contributed by atoms with van der Waals surface area (Å²) >= 11 is 1.74. The smallest absolute Gasteiger partial charge is 0.224 e. The standard InChI is InChI=1S/C11H16N2OS.ClH/c1-8-2-3-10(15-8)7-13-11(14)9-4-5-12-6-9;/h2-3,9,12H,4-7H2,1H3,(H,13,14);1H. The Morgan fingerprint density at radius 1 is 1.62 bits per heavy atom. The van der Waals surface area contributed by atoms with E-state index in [1.54, 1.807) is 11.3 Å². The first-order chi connectivity index (χ1) is 7.25. The fraction of sp³-hybridized carbons (Fsp3) is 0.545. The van der Waals surface area contributed by atoms with Gasteiger partial charge in [0.1, 0.15) is 0 Å². The molecule has 0 bridgehead atoms. The van der Waals surface area contributed by atoms with Gasteiger partial charge in [0.25, 0.3) is 0 Å². The second-order valence-corrected chi connectivity index (χ2v) is 5.29. The van der Waals surface area contributed by atoms with Gasteiger partial charge >= 0.3 is 0 Å². The lowest BCUT2D eigenvalue weighted by atomic mass is 10.1. The second kappa shape index (κ2) is 6.23. The number of carbonyl (C=O) groups excluding carboxylic acids is 1. The van der Waals surface area contributed by atoms with Crippen LogP contribution in [0, 0.1) is 12.8 Å². The van der Waals surface area contributed by atoms with Crippen molar-refractivity contribution in [3.05, 3.63) is 21.9 Å². The lowest BCUT2D eigenvalue weighted by Crippen LogP contribution is -2.31. The number of rotatable bonds is 3. The van der Waals surface area contributed by atoms with E-state index in [-0.39, 0.29) is 24.2 Å². The minimum absolute atomic E-state index is 0. The first-order valence-corrected chi connectivity index (χ1v) is 6.11. The molecule has 1 amide bonds. The van der Waals surface area contributed by atoms with E-state index >= 15 is 0 Å². The van der Waals surface area contributed by atoms with Gasteiger partial charge in [-0.25, -0.2) is 0 Å². The minimum Gasteiger partial charge on any atom is -0.351 e. The normalized spacial score (nSPS) is 19.2. The predicted octanol–water partition coefficient (Wildman–Crippen LogP) is 1.70. The van der Waals surface area contributed by atoms with Crippen molar-refractivity contribution in [2.75, 3.05) is 13.1 Å². The van der Waals surface area contributed by atoms with E-state index in [4.69, 9.17) is 0 Å². The third-order valence-electron chi connectivity index (χ3n) is 2.66. The summed E-state index contributed by atoms with van der Waals surface area (Å²) in [5, 5.41) is 6.18. The maximum atomic E-state index is 11.7. The Kier molecular flexibility index (Phi) is 5.25. The lowest BCUT2D eigenvalue weighted by molar-refractivity contribution is -0.124. The van der Waals surface area contributed by atoms with E-state index in [0.717, 1.165) is 19.5 Å². The van der Waals surface area contributed by atoms with Crippen LogP contribution in [0.2, 0.25) is 0 Å². The van der Waals surface area contributed by atoms with Crippen molar-refractivity contribution in [2.24, 2.45) is 5.92 Å². The molecule has 0 aromatic carbocycles. The Hall–Kier alpha value is -0.580. The zero-order chi connectivity index (χ0) is 10.7. The van der Waals surface area contributed by atoms with Gasteiger partial charge in [-0.2, -0.15) is 0 Å². The largest absolute Gasteiger partial charge is 0.351 e. The Bertz CT molecular complexity index is 348. The van der Waals surface area contributed by atoms with Crippen molar-refractivity contribution in [3.8, 4) is 0 Å². The van der Waals surface area contributed by atoms with Crippen LogP contribution in [0.5, 0.6) is 0 Å². The van der Waals surface area contributed by atoms with Gasteiger partial charge in [0, 0.05) is 16.3 Å². The van der Waals surface area contributed by atoms with E-state index in [1.165, 1.54) is 9.75 Å². The van der Waals surface area contributed by atoms with Crippen LogP contribution < -0.4 is 10.6 Å². The van der Waals surface area contributed by atoms with Crippen molar-refractivity contribution in [1.29, 1.82) is 0 Å². The molecule has 1 unspecified atom stereocenters. The highest BCUT2D eigenvalue weighted by molar-refractivity contribution is 7.11. The molecule has 2 heterocycles. The molecule has 3 nitrogen and oxygen atoms in total. The first-order valence-electron chi connectivity index (χ1n) is 5.29. The molecule has 1 saturated heterocycles. The van der Waals surface area contributed by atoms with Crippen molar-refractivity contribution in [3.63, 3.8) is 0 Å². The molecular formula is C11H17ClN2OS. The van der Waals surface area contributed by atoms with Gasteiger partial charge in [-0.05, 0) is 32.0 Å². The van der Waals surface area contributed by atoms with Gasteiger partial charge in [0.2, 0.25) is 5.91 Å². The number of thiophene rings is 1. The van der Waals surface area contributed by atoms with Crippen molar-refractivity contribution < 1.29 is 4.79 Å². The SMILES string of the molecule is Cc1ccc(CNC(=O)C2CCNC2)s1.Cl.